The maximum Gasteiger partial charge on any atom is 0.314 e. The van der Waals surface area contributed by atoms with Gasteiger partial charge in [0, 0.05) is 25.0 Å². The van der Waals surface area contributed by atoms with Crippen molar-refractivity contribution in [2.24, 2.45) is 0 Å². The number of urea groups is 1. The van der Waals surface area contributed by atoms with Crippen LogP contribution in [0.4, 0.5) is 4.79 Å². The molecule has 2 atom stereocenters. The summed E-state index contributed by atoms with van der Waals surface area (Å²) in [5, 5.41) is 8.53. The van der Waals surface area contributed by atoms with Crippen LogP contribution in [-0.2, 0) is 4.79 Å². The lowest BCUT2D eigenvalue weighted by Crippen LogP contribution is -2.59. The first-order valence-electron chi connectivity index (χ1n) is 6.07. The summed E-state index contributed by atoms with van der Waals surface area (Å²) < 4.78 is 0. The Balaban J connectivity index is 2.70. The molecule has 1 aliphatic carbocycles. The second-order valence-electron chi connectivity index (χ2n) is 5.54. The number of carbonyl (C=O) groups is 2. The zero-order chi connectivity index (χ0) is 13.1. The molecular formula is C12H23N3O2. The van der Waals surface area contributed by atoms with Crippen molar-refractivity contribution in [3.05, 3.63) is 0 Å². The maximum atomic E-state index is 11.4. The van der Waals surface area contributed by atoms with E-state index in [2.05, 4.69) is 16.0 Å². The van der Waals surface area contributed by atoms with Crippen molar-refractivity contribution < 1.29 is 9.59 Å². The van der Waals surface area contributed by atoms with E-state index < -0.39 is 0 Å². The van der Waals surface area contributed by atoms with E-state index in [-0.39, 0.29) is 23.0 Å². The molecule has 0 saturated heterocycles. The quantitative estimate of drug-likeness (QED) is 0.678. The largest absolute Gasteiger partial charge is 0.351 e. The van der Waals surface area contributed by atoms with E-state index in [4.69, 9.17) is 0 Å². The number of hydrogen-bond donors (Lipinski definition) is 3. The molecule has 2 unspecified atom stereocenters. The smallest absolute Gasteiger partial charge is 0.314 e. The molecule has 1 aliphatic rings. The summed E-state index contributed by atoms with van der Waals surface area (Å²) in [7, 11) is 1.61. The number of rotatable bonds is 2. The third kappa shape index (κ3) is 3.91. The monoisotopic (exact) mass is 241 g/mol. The Labute approximate surface area is 103 Å². The summed E-state index contributed by atoms with van der Waals surface area (Å²) >= 11 is 0. The van der Waals surface area contributed by atoms with Crippen molar-refractivity contribution in [2.45, 2.75) is 57.5 Å². The minimum absolute atomic E-state index is 0.0170. The molecule has 0 aromatic carbocycles. The molecule has 1 rings (SSSR count). The van der Waals surface area contributed by atoms with Gasteiger partial charge in [-0.3, -0.25) is 4.79 Å². The van der Waals surface area contributed by atoms with Gasteiger partial charge in [-0.1, -0.05) is 0 Å². The Bertz CT molecular complexity index is 319. The number of amides is 3. The lowest BCUT2D eigenvalue weighted by molar-refractivity contribution is -0.121. The fourth-order valence-electron chi connectivity index (χ4n) is 2.88. The van der Waals surface area contributed by atoms with Crippen LogP contribution in [-0.4, -0.2) is 30.1 Å². The molecule has 0 bridgehead atoms. The van der Waals surface area contributed by atoms with E-state index in [0.717, 1.165) is 25.7 Å². The van der Waals surface area contributed by atoms with Gasteiger partial charge in [0.1, 0.15) is 0 Å². The molecule has 3 N–H and O–H groups in total. The van der Waals surface area contributed by atoms with Crippen molar-refractivity contribution in [1.29, 1.82) is 0 Å². The van der Waals surface area contributed by atoms with Gasteiger partial charge in [0.25, 0.3) is 0 Å². The minimum Gasteiger partial charge on any atom is -0.351 e. The SMILES string of the molecule is CNC(=O)NC1(C)CCCC(C)(NC(C)=O)C1. The van der Waals surface area contributed by atoms with Crippen LogP contribution in [0.2, 0.25) is 0 Å². The molecule has 98 valence electrons. The van der Waals surface area contributed by atoms with Gasteiger partial charge in [0.2, 0.25) is 5.91 Å². The summed E-state index contributed by atoms with van der Waals surface area (Å²) in [5.74, 6) is -0.0170. The molecule has 3 amide bonds. The molecule has 0 aromatic heterocycles. The third-order valence-electron chi connectivity index (χ3n) is 3.36. The highest BCUT2D eigenvalue weighted by Crippen LogP contribution is 2.34. The Morgan fingerprint density at radius 2 is 1.59 bits per heavy atom. The first-order chi connectivity index (χ1) is 7.79. The van der Waals surface area contributed by atoms with Crippen molar-refractivity contribution in [3.63, 3.8) is 0 Å². The van der Waals surface area contributed by atoms with E-state index in [9.17, 15) is 9.59 Å². The van der Waals surface area contributed by atoms with Gasteiger partial charge in [-0.05, 0) is 39.5 Å². The fraction of sp³-hybridized carbons (Fsp3) is 0.833. The Kier molecular flexibility index (Phi) is 4.01. The van der Waals surface area contributed by atoms with Crippen LogP contribution in [0.15, 0.2) is 0 Å². The standard InChI is InChI=1S/C12H23N3O2/c1-9(16)14-11(2)6-5-7-12(3,8-11)15-10(17)13-4/h5-8H2,1-4H3,(H,14,16)(H2,13,15,17). The zero-order valence-electron chi connectivity index (χ0n) is 11.1. The second kappa shape index (κ2) is 4.94. The van der Waals surface area contributed by atoms with E-state index in [0.29, 0.717) is 0 Å². The minimum atomic E-state index is -0.254. The molecule has 0 aliphatic heterocycles. The van der Waals surface area contributed by atoms with Gasteiger partial charge in [0.05, 0.1) is 0 Å². The fourth-order valence-corrected chi connectivity index (χ4v) is 2.88. The average Bonchev–Trinajstić information content (AvgIpc) is 2.14. The van der Waals surface area contributed by atoms with Crippen LogP contribution in [0.25, 0.3) is 0 Å². The van der Waals surface area contributed by atoms with Crippen molar-refractivity contribution >= 4 is 11.9 Å². The predicted octanol–water partition coefficient (Wildman–Crippen LogP) is 1.14. The highest BCUT2D eigenvalue weighted by atomic mass is 16.2. The molecule has 1 saturated carbocycles. The second-order valence-corrected chi connectivity index (χ2v) is 5.54. The first kappa shape index (κ1) is 13.8. The van der Waals surface area contributed by atoms with Crippen molar-refractivity contribution in [3.8, 4) is 0 Å². The highest BCUT2D eigenvalue weighted by molar-refractivity contribution is 5.75. The molecule has 1 fully saturated rings. The van der Waals surface area contributed by atoms with Gasteiger partial charge >= 0.3 is 6.03 Å². The van der Waals surface area contributed by atoms with Gasteiger partial charge in [-0.2, -0.15) is 0 Å². The molecule has 17 heavy (non-hydrogen) atoms. The average molecular weight is 241 g/mol. The molecule has 0 spiro atoms. The summed E-state index contributed by atoms with van der Waals surface area (Å²) in [6.07, 6.45) is 3.65. The third-order valence-corrected chi connectivity index (χ3v) is 3.36. The molecule has 5 nitrogen and oxygen atoms in total. The highest BCUT2D eigenvalue weighted by Gasteiger charge is 2.40. The summed E-state index contributed by atoms with van der Waals surface area (Å²) in [6, 6.07) is -0.167. The van der Waals surface area contributed by atoms with Gasteiger partial charge in [-0.25, -0.2) is 4.79 Å². The molecular weight excluding hydrogens is 218 g/mol. The Morgan fingerprint density at radius 1 is 1.06 bits per heavy atom. The maximum absolute atomic E-state index is 11.4. The number of hydrogen-bond acceptors (Lipinski definition) is 2. The summed E-state index contributed by atoms with van der Waals surface area (Å²) in [4.78, 5) is 22.6. The van der Waals surface area contributed by atoms with Crippen LogP contribution in [0.1, 0.15) is 46.5 Å². The normalized spacial score (nSPS) is 32.7. The predicted molar refractivity (Wildman–Crippen MR) is 66.7 cm³/mol. The summed E-state index contributed by atoms with van der Waals surface area (Å²) in [5.41, 5.74) is -0.477. The van der Waals surface area contributed by atoms with Crippen molar-refractivity contribution in [2.75, 3.05) is 7.05 Å². The van der Waals surface area contributed by atoms with Gasteiger partial charge in [0.15, 0.2) is 0 Å². The van der Waals surface area contributed by atoms with E-state index in [1.165, 1.54) is 6.92 Å². The lowest BCUT2D eigenvalue weighted by atomic mass is 9.73. The lowest BCUT2D eigenvalue weighted by Gasteiger charge is -2.45. The summed E-state index contributed by atoms with van der Waals surface area (Å²) in [6.45, 7) is 5.60. The first-order valence-corrected chi connectivity index (χ1v) is 6.07. The van der Waals surface area contributed by atoms with Crippen molar-refractivity contribution in [1.82, 2.24) is 16.0 Å². The van der Waals surface area contributed by atoms with Crippen LogP contribution in [0, 0.1) is 0 Å². The topological polar surface area (TPSA) is 70.2 Å². The van der Waals surface area contributed by atoms with Crippen LogP contribution in [0.5, 0.6) is 0 Å². The van der Waals surface area contributed by atoms with E-state index in [1.54, 1.807) is 7.05 Å². The Hall–Kier alpha value is -1.26. The zero-order valence-corrected chi connectivity index (χ0v) is 11.1. The van der Waals surface area contributed by atoms with Crippen LogP contribution < -0.4 is 16.0 Å². The van der Waals surface area contributed by atoms with Gasteiger partial charge in [-0.15, -0.1) is 0 Å². The molecule has 0 heterocycles. The van der Waals surface area contributed by atoms with E-state index >= 15 is 0 Å². The number of carbonyl (C=O) groups excluding carboxylic acids is 2. The Morgan fingerprint density at radius 3 is 2.06 bits per heavy atom. The van der Waals surface area contributed by atoms with Crippen LogP contribution >= 0.6 is 0 Å². The molecule has 0 aromatic rings. The van der Waals surface area contributed by atoms with Gasteiger partial charge < -0.3 is 16.0 Å². The number of nitrogens with one attached hydrogen (secondary N) is 3. The molecule has 0 radical (unpaired) electrons. The molecule has 5 heteroatoms. The van der Waals surface area contributed by atoms with E-state index in [1.807, 2.05) is 13.8 Å². The van der Waals surface area contributed by atoms with Crippen LogP contribution in [0.3, 0.4) is 0 Å².